The van der Waals surface area contributed by atoms with Gasteiger partial charge in [-0.25, -0.2) is 0 Å². The number of nitrogens with one attached hydrogen (secondary N) is 1. The number of hydrogen-bond donors (Lipinski definition) is 1. The van der Waals surface area contributed by atoms with E-state index < -0.39 is 0 Å². The number of thiophene rings is 1. The average Bonchev–Trinajstić information content (AvgIpc) is 3.12. The van der Waals surface area contributed by atoms with Crippen LogP contribution >= 0.6 is 11.3 Å². The molecule has 3 nitrogen and oxygen atoms in total. The maximum absolute atomic E-state index is 12.4. The molecule has 134 valence electrons. The number of ether oxygens (including phenoxy) is 1. The van der Waals surface area contributed by atoms with E-state index in [1.807, 2.05) is 47.8 Å². The molecule has 26 heavy (non-hydrogen) atoms. The van der Waals surface area contributed by atoms with Crippen LogP contribution in [-0.4, -0.2) is 5.91 Å². The van der Waals surface area contributed by atoms with E-state index in [4.69, 9.17) is 4.74 Å². The van der Waals surface area contributed by atoms with Crippen LogP contribution in [0.4, 0.5) is 5.69 Å². The molecular formula is C22H23NO2S. The molecule has 0 radical (unpaired) electrons. The first kappa shape index (κ1) is 18.2. The van der Waals surface area contributed by atoms with Crippen LogP contribution in [0.25, 0.3) is 0 Å². The van der Waals surface area contributed by atoms with E-state index in [0.29, 0.717) is 11.5 Å². The number of carbonyl (C=O) groups excluding carboxylic acids is 1. The topological polar surface area (TPSA) is 38.3 Å². The Hall–Kier alpha value is -2.59. The molecule has 0 bridgehead atoms. The highest BCUT2D eigenvalue weighted by molar-refractivity contribution is 7.12. The molecule has 2 aromatic carbocycles. The molecule has 0 fully saturated rings. The average molecular weight is 365 g/mol. The summed E-state index contributed by atoms with van der Waals surface area (Å²) in [4.78, 5) is 13.1. The molecule has 1 heterocycles. The van der Waals surface area contributed by atoms with Gasteiger partial charge in [0.1, 0.15) is 12.4 Å². The predicted molar refractivity (Wildman–Crippen MR) is 108 cm³/mol. The Balaban J connectivity index is 1.59. The molecule has 1 aromatic heterocycles. The molecule has 0 unspecified atom stereocenters. The lowest BCUT2D eigenvalue weighted by Gasteiger charge is -2.07. The Labute approximate surface area is 158 Å². The Morgan fingerprint density at radius 2 is 1.77 bits per heavy atom. The minimum atomic E-state index is -0.0864. The molecule has 4 heteroatoms. The fourth-order valence-corrected chi connectivity index (χ4v) is 3.35. The quantitative estimate of drug-likeness (QED) is 0.603. The van der Waals surface area contributed by atoms with Crippen molar-refractivity contribution < 1.29 is 9.53 Å². The summed E-state index contributed by atoms with van der Waals surface area (Å²) in [5, 5.41) is 4.91. The summed E-state index contributed by atoms with van der Waals surface area (Å²) in [6, 6.07) is 15.9. The van der Waals surface area contributed by atoms with E-state index in [-0.39, 0.29) is 5.91 Å². The lowest BCUT2D eigenvalue weighted by molar-refractivity contribution is 0.103. The van der Waals surface area contributed by atoms with Crippen LogP contribution in [0.5, 0.6) is 5.75 Å². The first-order valence-electron chi connectivity index (χ1n) is 8.73. The second-order valence-electron chi connectivity index (χ2n) is 6.36. The molecule has 1 N–H and O–H groups in total. The molecule has 0 aliphatic carbocycles. The molecule has 0 atom stereocenters. The normalized spacial score (nSPS) is 10.6. The van der Waals surface area contributed by atoms with Crippen LogP contribution in [0.3, 0.4) is 0 Å². The second kappa shape index (κ2) is 8.19. The monoisotopic (exact) mass is 365 g/mol. The van der Waals surface area contributed by atoms with Gasteiger partial charge in [0.05, 0.1) is 4.88 Å². The third-order valence-electron chi connectivity index (χ3n) is 4.38. The second-order valence-corrected chi connectivity index (χ2v) is 7.27. The van der Waals surface area contributed by atoms with Crippen LogP contribution in [-0.2, 0) is 13.0 Å². The highest BCUT2D eigenvalue weighted by atomic mass is 32.1. The number of carbonyl (C=O) groups is 1. The maximum Gasteiger partial charge on any atom is 0.265 e. The van der Waals surface area contributed by atoms with E-state index in [0.717, 1.165) is 23.4 Å². The highest BCUT2D eigenvalue weighted by Crippen LogP contribution is 2.21. The van der Waals surface area contributed by atoms with Crippen LogP contribution in [0.2, 0.25) is 0 Å². The summed E-state index contributed by atoms with van der Waals surface area (Å²) in [7, 11) is 0. The van der Waals surface area contributed by atoms with Gasteiger partial charge in [-0.3, -0.25) is 4.79 Å². The fraction of sp³-hybridized carbons (Fsp3) is 0.227. The summed E-state index contributed by atoms with van der Waals surface area (Å²) in [5.74, 6) is 0.762. The van der Waals surface area contributed by atoms with Crippen molar-refractivity contribution in [3.8, 4) is 5.75 Å². The Bertz CT molecular complexity index is 897. The van der Waals surface area contributed by atoms with Crippen molar-refractivity contribution in [3.05, 3.63) is 81.0 Å². The number of anilines is 1. The van der Waals surface area contributed by atoms with Crippen LogP contribution in [0.15, 0.2) is 53.9 Å². The van der Waals surface area contributed by atoms with E-state index >= 15 is 0 Å². The van der Waals surface area contributed by atoms with Crippen LogP contribution < -0.4 is 10.1 Å². The molecule has 0 aliphatic heterocycles. The number of aryl methyl sites for hydroxylation is 3. The number of hydrogen-bond acceptors (Lipinski definition) is 3. The highest BCUT2D eigenvalue weighted by Gasteiger charge is 2.10. The van der Waals surface area contributed by atoms with Gasteiger partial charge in [0.2, 0.25) is 0 Å². The SMILES string of the molecule is CCc1ccc(NC(=O)c2cc(COc3ccc(C)c(C)c3)cs2)cc1. The van der Waals surface area contributed by atoms with Crippen molar-refractivity contribution >= 4 is 22.9 Å². The molecule has 3 rings (SSSR count). The summed E-state index contributed by atoms with van der Waals surface area (Å²) >= 11 is 1.43. The summed E-state index contributed by atoms with van der Waals surface area (Å²) in [5.41, 5.74) is 5.53. The van der Waals surface area contributed by atoms with Crippen molar-refractivity contribution in [1.29, 1.82) is 0 Å². The van der Waals surface area contributed by atoms with Crippen LogP contribution in [0.1, 0.15) is 38.8 Å². The molecular weight excluding hydrogens is 342 g/mol. The van der Waals surface area contributed by atoms with Gasteiger partial charge in [-0.15, -0.1) is 11.3 Å². The van der Waals surface area contributed by atoms with Crippen molar-refractivity contribution in [2.24, 2.45) is 0 Å². The largest absolute Gasteiger partial charge is 0.489 e. The van der Waals surface area contributed by atoms with E-state index in [9.17, 15) is 4.79 Å². The van der Waals surface area contributed by atoms with Crippen molar-refractivity contribution in [2.45, 2.75) is 33.8 Å². The third-order valence-corrected chi connectivity index (χ3v) is 5.36. The zero-order valence-corrected chi connectivity index (χ0v) is 16.2. The van der Waals surface area contributed by atoms with Gasteiger partial charge in [0, 0.05) is 11.3 Å². The zero-order valence-electron chi connectivity index (χ0n) is 15.3. The molecule has 0 aliphatic rings. The summed E-state index contributed by atoms with van der Waals surface area (Å²) in [6.07, 6.45) is 0.989. The molecule has 3 aromatic rings. The first-order chi connectivity index (χ1) is 12.5. The number of rotatable bonds is 6. The maximum atomic E-state index is 12.4. The summed E-state index contributed by atoms with van der Waals surface area (Å²) in [6.45, 7) is 6.72. The molecule has 0 saturated heterocycles. The number of amides is 1. The van der Waals surface area contributed by atoms with E-state index in [1.165, 1.54) is 28.0 Å². The lowest BCUT2D eigenvalue weighted by atomic mass is 10.1. The van der Waals surface area contributed by atoms with Crippen molar-refractivity contribution in [3.63, 3.8) is 0 Å². The number of benzene rings is 2. The Kier molecular flexibility index (Phi) is 5.74. The fourth-order valence-electron chi connectivity index (χ4n) is 2.56. The smallest absolute Gasteiger partial charge is 0.265 e. The third kappa shape index (κ3) is 4.52. The first-order valence-corrected chi connectivity index (χ1v) is 9.61. The lowest BCUT2D eigenvalue weighted by Crippen LogP contribution is -2.10. The Morgan fingerprint density at radius 3 is 2.46 bits per heavy atom. The predicted octanol–water partition coefficient (Wildman–Crippen LogP) is 5.76. The van der Waals surface area contributed by atoms with Crippen molar-refractivity contribution in [2.75, 3.05) is 5.32 Å². The van der Waals surface area contributed by atoms with Gasteiger partial charge in [-0.2, -0.15) is 0 Å². The van der Waals surface area contributed by atoms with Gasteiger partial charge in [-0.1, -0.05) is 25.1 Å². The van der Waals surface area contributed by atoms with E-state index in [1.54, 1.807) is 0 Å². The minimum absolute atomic E-state index is 0.0864. The standard InChI is InChI=1S/C22H23NO2S/c1-4-17-6-8-19(9-7-17)23-22(24)21-12-18(14-26-21)13-25-20-10-5-15(2)16(3)11-20/h5-12,14H,4,13H2,1-3H3,(H,23,24). The van der Waals surface area contributed by atoms with Gasteiger partial charge >= 0.3 is 0 Å². The van der Waals surface area contributed by atoms with E-state index in [2.05, 4.69) is 32.2 Å². The summed E-state index contributed by atoms with van der Waals surface area (Å²) < 4.78 is 5.84. The van der Waals surface area contributed by atoms with Crippen LogP contribution in [0, 0.1) is 13.8 Å². The van der Waals surface area contributed by atoms with Gasteiger partial charge < -0.3 is 10.1 Å². The molecule has 0 spiro atoms. The van der Waals surface area contributed by atoms with Gasteiger partial charge in [0.25, 0.3) is 5.91 Å². The van der Waals surface area contributed by atoms with Gasteiger partial charge in [-0.05, 0) is 72.7 Å². The van der Waals surface area contributed by atoms with Gasteiger partial charge in [0.15, 0.2) is 0 Å². The zero-order chi connectivity index (χ0) is 18.5. The van der Waals surface area contributed by atoms with Crippen molar-refractivity contribution in [1.82, 2.24) is 0 Å². The molecule has 1 amide bonds. The minimum Gasteiger partial charge on any atom is -0.489 e. The Morgan fingerprint density at radius 1 is 1.00 bits per heavy atom. The molecule has 0 saturated carbocycles.